The van der Waals surface area contributed by atoms with Gasteiger partial charge in [0, 0.05) is 64.1 Å². The Bertz CT molecular complexity index is 754. The fourth-order valence-electron chi connectivity index (χ4n) is 3.83. The number of morpholine rings is 1. The van der Waals surface area contributed by atoms with Crippen LogP contribution < -0.4 is 9.80 Å². The van der Waals surface area contributed by atoms with Crippen LogP contribution in [0.2, 0.25) is 0 Å². The molecule has 1 aromatic heterocycles. The smallest absolute Gasteiger partial charge is 0.282 e. The second-order valence-electron chi connectivity index (χ2n) is 7.27. The maximum Gasteiger partial charge on any atom is 0.282 e. The Kier molecular flexibility index (Phi) is 5.49. The van der Waals surface area contributed by atoms with E-state index in [0.29, 0.717) is 52.5 Å². The predicted octanol–water partition coefficient (Wildman–Crippen LogP) is 0.0842. The Hall–Kier alpha value is -1.49. The molecular weight excluding hydrogens is 368 g/mol. The van der Waals surface area contributed by atoms with Crippen LogP contribution >= 0.6 is 0 Å². The normalized spacial score (nSPS) is 23.1. The van der Waals surface area contributed by atoms with Gasteiger partial charge in [-0.05, 0) is 19.8 Å². The van der Waals surface area contributed by atoms with Crippen molar-refractivity contribution in [3.8, 4) is 0 Å². The molecular formula is C17H28N6O3S. The SMILES string of the molecule is Cc1cc(N2CCN(S(=O)(=O)N3CCCC3)CC2)nc(N2CCOCC2)n1. The van der Waals surface area contributed by atoms with Crippen LogP contribution in [-0.4, -0.2) is 92.6 Å². The van der Waals surface area contributed by atoms with Crippen molar-refractivity contribution in [1.29, 1.82) is 0 Å². The van der Waals surface area contributed by atoms with E-state index in [1.165, 1.54) is 0 Å². The van der Waals surface area contributed by atoms with E-state index in [1.807, 2.05) is 13.0 Å². The maximum atomic E-state index is 12.7. The van der Waals surface area contributed by atoms with Crippen molar-refractivity contribution in [3.63, 3.8) is 0 Å². The molecule has 0 atom stereocenters. The summed E-state index contributed by atoms with van der Waals surface area (Å²) in [5, 5.41) is 0. The van der Waals surface area contributed by atoms with E-state index < -0.39 is 10.2 Å². The summed E-state index contributed by atoms with van der Waals surface area (Å²) in [7, 11) is -3.32. The summed E-state index contributed by atoms with van der Waals surface area (Å²) < 4.78 is 34.1. The van der Waals surface area contributed by atoms with Gasteiger partial charge in [0.2, 0.25) is 5.95 Å². The minimum absolute atomic E-state index is 0.495. The van der Waals surface area contributed by atoms with Crippen molar-refractivity contribution in [1.82, 2.24) is 18.6 Å². The van der Waals surface area contributed by atoms with E-state index in [0.717, 1.165) is 43.4 Å². The first-order chi connectivity index (χ1) is 13.0. The number of piperazine rings is 1. The lowest BCUT2D eigenvalue weighted by Crippen LogP contribution is -2.52. The average molecular weight is 397 g/mol. The van der Waals surface area contributed by atoms with Crippen molar-refractivity contribution in [2.45, 2.75) is 19.8 Å². The minimum Gasteiger partial charge on any atom is -0.378 e. The van der Waals surface area contributed by atoms with Gasteiger partial charge in [-0.2, -0.15) is 22.0 Å². The van der Waals surface area contributed by atoms with Gasteiger partial charge in [0.25, 0.3) is 10.2 Å². The van der Waals surface area contributed by atoms with E-state index in [9.17, 15) is 8.42 Å². The highest BCUT2D eigenvalue weighted by molar-refractivity contribution is 7.86. The van der Waals surface area contributed by atoms with Gasteiger partial charge in [-0.1, -0.05) is 0 Å². The highest BCUT2D eigenvalue weighted by Crippen LogP contribution is 2.22. The molecule has 27 heavy (non-hydrogen) atoms. The Balaban J connectivity index is 1.44. The summed E-state index contributed by atoms with van der Waals surface area (Å²) in [6.07, 6.45) is 1.92. The number of rotatable bonds is 4. The third-order valence-corrected chi connectivity index (χ3v) is 7.44. The molecule has 150 valence electrons. The zero-order valence-electron chi connectivity index (χ0n) is 15.9. The lowest BCUT2D eigenvalue weighted by molar-refractivity contribution is 0.122. The van der Waals surface area contributed by atoms with Gasteiger partial charge >= 0.3 is 0 Å². The monoisotopic (exact) mass is 396 g/mol. The Morgan fingerprint density at radius 1 is 0.852 bits per heavy atom. The summed E-state index contributed by atoms with van der Waals surface area (Å²) in [6.45, 7) is 8.53. The second kappa shape index (κ2) is 7.86. The number of aryl methyl sites for hydroxylation is 1. The quantitative estimate of drug-likeness (QED) is 0.713. The molecule has 3 aliphatic rings. The maximum absolute atomic E-state index is 12.7. The van der Waals surface area contributed by atoms with Gasteiger partial charge in [-0.3, -0.25) is 0 Å². The number of aromatic nitrogens is 2. The first-order valence-electron chi connectivity index (χ1n) is 9.72. The molecule has 3 fully saturated rings. The Labute approximate surface area is 161 Å². The second-order valence-corrected chi connectivity index (χ2v) is 9.20. The van der Waals surface area contributed by atoms with Gasteiger partial charge in [0.05, 0.1) is 13.2 Å². The van der Waals surface area contributed by atoms with Crippen LogP contribution in [0.15, 0.2) is 6.07 Å². The van der Waals surface area contributed by atoms with Crippen molar-refractivity contribution in [2.75, 3.05) is 75.4 Å². The average Bonchev–Trinajstić information content (AvgIpc) is 3.24. The first-order valence-corrected chi connectivity index (χ1v) is 11.1. The topological polar surface area (TPSA) is 82.1 Å². The van der Waals surface area contributed by atoms with Crippen LogP contribution in [0.3, 0.4) is 0 Å². The number of hydrogen-bond donors (Lipinski definition) is 0. The van der Waals surface area contributed by atoms with Crippen LogP contribution in [0, 0.1) is 6.92 Å². The van der Waals surface area contributed by atoms with Crippen LogP contribution in [0.5, 0.6) is 0 Å². The van der Waals surface area contributed by atoms with Crippen LogP contribution in [0.1, 0.15) is 18.5 Å². The van der Waals surface area contributed by atoms with E-state index >= 15 is 0 Å². The van der Waals surface area contributed by atoms with E-state index in [4.69, 9.17) is 9.72 Å². The molecule has 0 unspecified atom stereocenters. The van der Waals surface area contributed by atoms with Gasteiger partial charge < -0.3 is 14.5 Å². The zero-order valence-corrected chi connectivity index (χ0v) is 16.7. The number of anilines is 2. The lowest BCUT2D eigenvalue weighted by atomic mass is 10.3. The molecule has 3 aliphatic heterocycles. The van der Waals surface area contributed by atoms with Crippen molar-refractivity contribution >= 4 is 22.0 Å². The number of ether oxygens (including phenoxy) is 1. The summed E-state index contributed by atoms with van der Waals surface area (Å²) in [5.74, 6) is 1.61. The molecule has 3 saturated heterocycles. The van der Waals surface area contributed by atoms with E-state index in [2.05, 4.69) is 14.8 Å². The predicted molar refractivity (Wildman–Crippen MR) is 103 cm³/mol. The zero-order chi connectivity index (χ0) is 18.9. The van der Waals surface area contributed by atoms with E-state index in [1.54, 1.807) is 8.61 Å². The molecule has 0 N–H and O–H groups in total. The fraction of sp³-hybridized carbons (Fsp3) is 0.765. The van der Waals surface area contributed by atoms with Crippen molar-refractivity contribution in [3.05, 3.63) is 11.8 Å². The molecule has 0 spiro atoms. The van der Waals surface area contributed by atoms with Crippen LogP contribution in [0.4, 0.5) is 11.8 Å². The molecule has 0 bridgehead atoms. The Morgan fingerprint density at radius 2 is 1.48 bits per heavy atom. The highest BCUT2D eigenvalue weighted by atomic mass is 32.2. The molecule has 0 radical (unpaired) electrons. The molecule has 0 aliphatic carbocycles. The standard InChI is InChI=1S/C17H28N6O3S/c1-15-14-16(19-17(18-15)21-10-12-26-13-11-21)20-6-8-23(9-7-20)27(24,25)22-4-2-3-5-22/h14H,2-13H2,1H3. The fourth-order valence-corrected chi connectivity index (χ4v) is 5.50. The summed E-state index contributed by atoms with van der Waals surface area (Å²) >= 11 is 0. The largest absolute Gasteiger partial charge is 0.378 e. The summed E-state index contributed by atoms with van der Waals surface area (Å²) in [5.41, 5.74) is 0.925. The molecule has 0 amide bonds. The third-order valence-electron chi connectivity index (χ3n) is 5.40. The first kappa shape index (κ1) is 18.9. The van der Waals surface area contributed by atoms with E-state index in [-0.39, 0.29) is 0 Å². The van der Waals surface area contributed by atoms with Gasteiger partial charge in [-0.15, -0.1) is 0 Å². The number of nitrogens with zero attached hydrogens (tertiary/aromatic N) is 6. The van der Waals surface area contributed by atoms with Gasteiger partial charge in [0.15, 0.2) is 0 Å². The molecule has 10 heteroatoms. The summed E-state index contributed by atoms with van der Waals surface area (Å²) in [4.78, 5) is 13.6. The molecule has 4 heterocycles. The van der Waals surface area contributed by atoms with Crippen LogP contribution in [-0.2, 0) is 14.9 Å². The molecule has 4 rings (SSSR count). The lowest BCUT2D eigenvalue weighted by Gasteiger charge is -2.36. The molecule has 0 saturated carbocycles. The van der Waals surface area contributed by atoms with Gasteiger partial charge in [0.1, 0.15) is 5.82 Å². The van der Waals surface area contributed by atoms with Crippen molar-refractivity contribution in [2.24, 2.45) is 0 Å². The molecule has 0 aromatic carbocycles. The minimum atomic E-state index is -3.32. The molecule has 9 nitrogen and oxygen atoms in total. The summed E-state index contributed by atoms with van der Waals surface area (Å²) in [6, 6.07) is 1.98. The molecule has 1 aromatic rings. The number of hydrogen-bond acceptors (Lipinski definition) is 7. The highest BCUT2D eigenvalue weighted by Gasteiger charge is 2.34. The Morgan fingerprint density at radius 3 is 2.15 bits per heavy atom. The van der Waals surface area contributed by atoms with Crippen molar-refractivity contribution < 1.29 is 13.2 Å². The van der Waals surface area contributed by atoms with Gasteiger partial charge in [-0.25, -0.2) is 4.98 Å². The van der Waals surface area contributed by atoms with Crippen LogP contribution in [0.25, 0.3) is 0 Å². The third kappa shape index (κ3) is 4.03.